The van der Waals surface area contributed by atoms with Crippen LogP contribution in [-0.2, 0) is 26.2 Å². The molecule has 0 aliphatic carbocycles. The topological polar surface area (TPSA) is 86.8 Å². The van der Waals surface area contributed by atoms with Gasteiger partial charge in [0.2, 0.25) is 21.8 Å². The molecule has 8 heteroatoms. The molecule has 0 fully saturated rings. The van der Waals surface area contributed by atoms with Crippen molar-refractivity contribution in [1.29, 1.82) is 0 Å². The van der Waals surface area contributed by atoms with Gasteiger partial charge in [0, 0.05) is 12.1 Å². The van der Waals surface area contributed by atoms with Crippen LogP contribution in [0.3, 0.4) is 0 Å². The van der Waals surface area contributed by atoms with Crippen LogP contribution in [-0.4, -0.2) is 49.5 Å². The number of rotatable bonds is 8. The van der Waals surface area contributed by atoms with Crippen molar-refractivity contribution in [3.05, 3.63) is 65.2 Å². The highest BCUT2D eigenvalue weighted by Gasteiger charge is 2.31. The largest absolute Gasteiger partial charge is 0.350 e. The number of amides is 2. The fraction of sp³-hybridized carbons (Fsp3) is 0.440. The number of benzene rings is 2. The normalized spacial score (nSPS) is 12.7. The molecular weight excluding hydrogens is 438 g/mol. The second kappa shape index (κ2) is 10.4. The van der Waals surface area contributed by atoms with Crippen molar-refractivity contribution >= 4 is 27.5 Å². The number of para-hydroxylation sites is 1. The Kier molecular flexibility index (Phi) is 8.30. The lowest BCUT2D eigenvalue weighted by molar-refractivity contribution is -0.140. The summed E-state index contributed by atoms with van der Waals surface area (Å²) < 4.78 is 26.3. The third-order valence-corrected chi connectivity index (χ3v) is 6.33. The Balaban J connectivity index is 2.41. The van der Waals surface area contributed by atoms with Gasteiger partial charge in [0.1, 0.15) is 12.6 Å². The van der Waals surface area contributed by atoms with Crippen LogP contribution in [0.1, 0.15) is 44.4 Å². The zero-order valence-corrected chi connectivity index (χ0v) is 21.4. The van der Waals surface area contributed by atoms with Gasteiger partial charge < -0.3 is 10.2 Å². The molecule has 2 aromatic rings. The number of aryl methyl sites for hydroxylation is 2. The van der Waals surface area contributed by atoms with Crippen LogP contribution in [0.5, 0.6) is 0 Å². The van der Waals surface area contributed by atoms with Gasteiger partial charge in [-0.25, -0.2) is 8.42 Å². The molecule has 33 heavy (non-hydrogen) atoms. The van der Waals surface area contributed by atoms with Crippen LogP contribution in [0, 0.1) is 13.8 Å². The average molecular weight is 474 g/mol. The van der Waals surface area contributed by atoms with E-state index in [-0.39, 0.29) is 12.5 Å². The van der Waals surface area contributed by atoms with Gasteiger partial charge in [-0.15, -0.1) is 0 Å². The summed E-state index contributed by atoms with van der Waals surface area (Å²) in [7, 11) is -3.74. The lowest BCUT2D eigenvalue weighted by Crippen LogP contribution is -2.54. The summed E-state index contributed by atoms with van der Waals surface area (Å²) in [4.78, 5) is 27.9. The highest BCUT2D eigenvalue weighted by molar-refractivity contribution is 7.92. The molecule has 2 amide bonds. The summed E-state index contributed by atoms with van der Waals surface area (Å²) in [6, 6.07) is 13.9. The first-order chi connectivity index (χ1) is 15.2. The molecule has 2 aromatic carbocycles. The van der Waals surface area contributed by atoms with Gasteiger partial charge >= 0.3 is 0 Å². The molecule has 180 valence electrons. The fourth-order valence-corrected chi connectivity index (χ4v) is 4.29. The number of carbonyl (C=O) groups excluding carboxylic acids is 2. The molecule has 0 aliphatic heterocycles. The molecule has 0 saturated heterocycles. The van der Waals surface area contributed by atoms with E-state index in [9.17, 15) is 18.0 Å². The second-order valence-corrected chi connectivity index (χ2v) is 11.4. The predicted molar refractivity (Wildman–Crippen MR) is 132 cm³/mol. The number of hydrogen-bond acceptors (Lipinski definition) is 4. The minimum Gasteiger partial charge on any atom is -0.350 e. The first-order valence-electron chi connectivity index (χ1n) is 10.9. The van der Waals surface area contributed by atoms with Gasteiger partial charge in [-0.2, -0.15) is 0 Å². The quantitative estimate of drug-likeness (QED) is 0.637. The molecule has 0 saturated carbocycles. The Morgan fingerprint density at radius 3 is 2.09 bits per heavy atom. The van der Waals surface area contributed by atoms with Crippen molar-refractivity contribution in [1.82, 2.24) is 10.2 Å². The maximum absolute atomic E-state index is 13.5. The monoisotopic (exact) mass is 473 g/mol. The van der Waals surface area contributed by atoms with E-state index in [0.29, 0.717) is 5.69 Å². The molecule has 0 heterocycles. The summed E-state index contributed by atoms with van der Waals surface area (Å²) in [6.45, 7) is 10.8. The smallest absolute Gasteiger partial charge is 0.244 e. The fourth-order valence-electron chi connectivity index (χ4n) is 3.38. The van der Waals surface area contributed by atoms with E-state index in [0.717, 1.165) is 27.3 Å². The minimum atomic E-state index is -3.74. The third-order valence-electron chi connectivity index (χ3n) is 5.20. The highest BCUT2D eigenvalue weighted by Crippen LogP contribution is 2.23. The average Bonchev–Trinajstić information content (AvgIpc) is 2.69. The van der Waals surface area contributed by atoms with Gasteiger partial charge in [0.05, 0.1) is 11.9 Å². The van der Waals surface area contributed by atoms with E-state index < -0.39 is 34.1 Å². The van der Waals surface area contributed by atoms with Gasteiger partial charge in [-0.05, 0) is 58.7 Å². The number of sulfonamides is 1. The molecule has 0 radical (unpaired) electrons. The Morgan fingerprint density at radius 1 is 1.00 bits per heavy atom. The summed E-state index contributed by atoms with van der Waals surface area (Å²) in [5.41, 5.74) is 2.64. The summed E-state index contributed by atoms with van der Waals surface area (Å²) >= 11 is 0. The van der Waals surface area contributed by atoms with Crippen LogP contribution in [0.25, 0.3) is 0 Å². The molecule has 1 N–H and O–H groups in total. The number of carbonyl (C=O) groups is 2. The van der Waals surface area contributed by atoms with Crippen LogP contribution < -0.4 is 9.62 Å². The molecule has 0 spiro atoms. The number of hydrogen-bond donors (Lipinski definition) is 1. The highest BCUT2D eigenvalue weighted by atomic mass is 32.2. The van der Waals surface area contributed by atoms with Crippen molar-refractivity contribution in [2.75, 3.05) is 17.1 Å². The summed E-state index contributed by atoms with van der Waals surface area (Å²) in [5, 5.41) is 2.91. The standard InChI is InChI=1S/C25H35N3O4S/c1-18-12-14-21(15-13-18)16-27(20(3)24(30)26-25(4,5)6)23(29)17-28(33(7,31)32)22-11-9-8-10-19(22)2/h8-15,20H,16-17H2,1-7H3,(H,26,30). The van der Waals surface area contributed by atoms with E-state index >= 15 is 0 Å². The minimum absolute atomic E-state index is 0.184. The summed E-state index contributed by atoms with van der Waals surface area (Å²) in [5.74, 6) is -0.759. The van der Waals surface area contributed by atoms with E-state index in [1.165, 1.54) is 4.90 Å². The van der Waals surface area contributed by atoms with Crippen molar-refractivity contribution in [2.45, 2.75) is 59.7 Å². The van der Waals surface area contributed by atoms with Crippen molar-refractivity contribution in [2.24, 2.45) is 0 Å². The number of nitrogens with zero attached hydrogens (tertiary/aromatic N) is 2. The Labute approximate surface area is 197 Å². The van der Waals surface area contributed by atoms with Crippen molar-refractivity contribution in [3.8, 4) is 0 Å². The van der Waals surface area contributed by atoms with E-state index in [1.807, 2.05) is 58.0 Å². The molecule has 1 unspecified atom stereocenters. The molecule has 2 rings (SSSR count). The van der Waals surface area contributed by atoms with Gasteiger partial charge in [-0.3, -0.25) is 13.9 Å². The van der Waals surface area contributed by atoms with E-state index in [1.54, 1.807) is 32.0 Å². The van der Waals surface area contributed by atoms with Crippen molar-refractivity contribution < 1.29 is 18.0 Å². The summed E-state index contributed by atoms with van der Waals surface area (Å²) in [6.07, 6.45) is 1.08. The van der Waals surface area contributed by atoms with Gasteiger partial charge in [-0.1, -0.05) is 48.0 Å². The predicted octanol–water partition coefficient (Wildman–Crippen LogP) is 3.40. The van der Waals surface area contributed by atoms with Crippen LogP contribution >= 0.6 is 0 Å². The first-order valence-corrected chi connectivity index (χ1v) is 12.7. The van der Waals surface area contributed by atoms with Crippen LogP contribution in [0.15, 0.2) is 48.5 Å². The molecule has 0 aromatic heterocycles. The maximum atomic E-state index is 13.5. The molecule has 0 aliphatic rings. The lowest BCUT2D eigenvalue weighted by Gasteiger charge is -2.33. The number of anilines is 1. The lowest BCUT2D eigenvalue weighted by atomic mass is 10.1. The zero-order valence-electron chi connectivity index (χ0n) is 20.5. The van der Waals surface area contributed by atoms with E-state index in [4.69, 9.17) is 0 Å². The van der Waals surface area contributed by atoms with Crippen LogP contribution in [0.2, 0.25) is 0 Å². The second-order valence-electron chi connectivity index (χ2n) is 9.48. The molecular formula is C25H35N3O4S. The van der Waals surface area contributed by atoms with Gasteiger partial charge in [0.25, 0.3) is 0 Å². The number of nitrogens with one attached hydrogen (secondary N) is 1. The Bertz CT molecular complexity index is 1090. The molecule has 0 bridgehead atoms. The van der Waals surface area contributed by atoms with Crippen LogP contribution in [0.4, 0.5) is 5.69 Å². The first kappa shape index (κ1) is 26.4. The third kappa shape index (κ3) is 7.60. The van der Waals surface area contributed by atoms with Crippen molar-refractivity contribution in [3.63, 3.8) is 0 Å². The Morgan fingerprint density at radius 2 is 1.58 bits per heavy atom. The molecule has 1 atom stereocenters. The zero-order chi connectivity index (χ0) is 25.0. The van der Waals surface area contributed by atoms with Gasteiger partial charge in [0.15, 0.2) is 0 Å². The maximum Gasteiger partial charge on any atom is 0.244 e. The SMILES string of the molecule is Cc1ccc(CN(C(=O)CN(c2ccccc2C)S(C)(=O)=O)C(C)C(=O)NC(C)(C)C)cc1. The van der Waals surface area contributed by atoms with E-state index in [2.05, 4.69) is 5.32 Å². The Hall–Kier alpha value is -2.87. The molecule has 7 nitrogen and oxygen atoms in total.